The Labute approximate surface area is 294 Å². The SMILES string of the molecule is CC/C=C\CCCCCCCC(=O)OC[C@H](COP(=O)(O)OCC[N+](C)(C)C)OC(=O)CCCCCCC/C=C/CCCCCCCC. The number of likely N-dealkylation sites (N-methyl/N-ethyl adjacent to an activating group) is 1. The lowest BCUT2D eigenvalue weighted by molar-refractivity contribution is -0.870. The summed E-state index contributed by atoms with van der Waals surface area (Å²) >= 11 is 0. The Morgan fingerprint density at radius 1 is 0.646 bits per heavy atom. The first-order valence-electron chi connectivity index (χ1n) is 19.1. The van der Waals surface area contributed by atoms with E-state index in [-0.39, 0.29) is 32.0 Å². The molecule has 0 fully saturated rings. The molecule has 0 aromatic rings. The predicted molar refractivity (Wildman–Crippen MR) is 197 cm³/mol. The summed E-state index contributed by atoms with van der Waals surface area (Å²) in [6.07, 6.45) is 30.9. The Morgan fingerprint density at radius 2 is 1.12 bits per heavy atom. The molecule has 0 aliphatic rings. The number of esters is 2. The second-order valence-electron chi connectivity index (χ2n) is 13.9. The molecule has 1 N–H and O–H groups in total. The molecule has 0 rings (SSSR count). The fourth-order valence-corrected chi connectivity index (χ4v) is 5.69. The third-order valence-corrected chi connectivity index (χ3v) is 8.95. The molecule has 282 valence electrons. The van der Waals surface area contributed by atoms with E-state index in [0.29, 0.717) is 17.4 Å². The van der Waals surface area contributed by atoms with Crippen molar-refractivity contribution in [2.45, 2.75) is 161 Å². The molecule has 0 radical (unpaired) electrons. The summed E-state index contributed by atoms with van der Waals surface area (Å²) in [6.45, 7) is 4.27. The molecule has 0 amide bonds. The molecule has 0 heterocycles. The van der Waals surface area contributed by atoms with Gasteiger partial charge < -0.3 is 18.9 Å². The number of hydrogen-bond acceptors (Lipinski definition) is 7. The topological polar surface area (TPSA) is 108 Å². The maximum Gasteiger partial charge on any atom is 0.472 e. The predicted octanol–water partition coefficient (Wildman–Crippen LogP) is 10.0. The number of phosphoric acid groups is 1. The average Bonchev–Trinajstić information content (AvgIpc) is 3.02. The lowest BCUT2D eigenvalue weighted by Crippen LogP contribution is -2.37. The summed E-state index contributed by atoms with van der Waals surface area (Å²) in [7, 11) is 1.46. The first kappa shape index (κ1) is 46.5. The van der Waals surface area contributed by atoms with E-state index < -0.39 is 26.5 Å². The van der Waals surface area contributed by atoms with Gasteiger partial charge in [-0.3, -0.25) is 18.6 Å². The van der Waals surface area contributed by atoms with Gasteiger partial charge in [-0.1, -0.05) is 109 Å². The summed E-state index contributed by atoms with van der Waals surface area (Å²) in [5.74, 6) is -0.824. The molecule has 0 aliphatic heterocycles. The van der Waals surface area contributed by atoms with Crippen LogP contribution in [0.25, 0.3) is 0 Å². The standard InChI is InChI=1S/C38H72NO8P/c1-6-8-10-12-14-16-17-18-19-20-21-23-25-27-29-31-38(41)47-36(35-46-48(42,43)45-33-32-39(3,4)5)34-44-37(40)30-28-26-24-22-15-13-11-9-7-2/h9,11,18-19,36H,6-8,10,12-17,20-35H2,1-5H3/p+1/b11-9-,19-18+/t36-/m1/s1. The van der Waals surface area contributed by atoms with E-state index in [0.717, 1.165) is 77.0 Å². The van der Waals surface area contributed by atoms with Crippen LogP contribution in [-0.2, 0) is 32.7 Å². The lowest BCUT2D eigenvalue weighted by atomic mass is 10.1. The summed E-state index contributed by atoms with van der Waals surface area (Å²) < 4.78 is 34.1. The summed E-state index contributed by atoms with van der Waals surface area (Å²) in [5.41, 5.74) is 0. The molecule has 0 saturated carbocycles. The minimum atomic E-state index is -4.37. The molecule has 0 saturated heterocycles. The van der Waals surface area contributed by atoms with E-state index in [9.17, 15) is 19.0 Å². The zero-order valence-electron chi connectivity index (χ0n) is 31.5. The summed E-state index contributed by atoms with van der Waals surface area (Å²) in [4.78, 5) is 35.1. The third kappa shape index (κ3) is 34.4. The van der Waals surface area contributed by atoms with Gasteiger partial charge in [0.2, 0.25) is 0 Å². The number of allylic oxidation sites excluding steroid dienone is 4. The van der Waals surface area contributed by atoms with Crippen LogP contribution in [0.4, 0.5) is 0 Å². The minimum absolute atomic E-state index is 0.0294. The zero-order chi connectivity index (χ0) is 35.8. The van der Waals surface area contributed by atoms with E-state index in [4.69, 9.17) is 18.5 Å². The number of nitrogens with zero attached hydrogens (tertiary/aromatic N) is 1. The van der Waals surface area contributed by atoms with Crippen LogP contribution in [0.3, 0.4) is 0 Å². The zero-order valence-corrected chi connectivity index (χ0v) is 32.4. The van der Waals surface area contributed by atoms with Gasteiger partial charge in [0.1, 0.15) is 19.8 Å². The van der Waals surface area contributed by atoms with Crippen molar-refractivity contribution in [2.75, 3.05) is 47.5 Å². The van der Waals surface area contributed by atoms with Crippen LogP contribution >= 0.6 is 7.82 Å². The van der Waals surface area contributed by atoms with Crippen molar-refractivity contribution in [3.8, 4) is 0 Å². The number of hydrogen-bond donors (Lipinski definition) is 1. The number of rotatable bonds is 34. The molecule has 1 unspecified atom stereocenters. The molecule has 0 aromatic heterocycles. The van der Waals surface area contributed by atoms with Gasteiger partial charge in [0.25, 0.3) is 0 Å². The number of quaternary nitrogens is 1. The first-order valence-corrected chi connectivity index (χ1v) is 20.6. The normalized spacial score (nSPS) is 14.0. The minimum Gasteiger partial charge on any atom is -0.462 e. The van der Waals surface area contributed by atoms with Gasteiger partial charge in [-0.25, -0.2) is 4.57 Å². The molecule has 9 nitrogen and oxygen atoms in total. The first-order chi connectivity index (χ1) is 23.0. The Balaban J connectivity index is 4.44. The molecular formula is C38H73NO8P+. The van der Waals surface area contributed by atoms with E-state index in [1.807, 2.05) is 21.1 Å². The molecule has 0 spiro atoms. The lowest BCUT2D eigenvalue weighted by Gasteiger charge is -2.24. The number of phosphoric ester groups is 1. The van der Waals surface area contributed by atoms with Crippen LogP contribution < -0.4 is 0 Å². The van der Waals surface area contributed by atoms with E-state index >= 15 is 0 Å². The number of carbonyl (C=O) groups excluding carboxylic acids is 2. The number of carbonyl (C=O) groups is 2. The quantitative estimate of drug-likeness (QED) is 0.0232. The van der Waals surface area contributed by atoms with Crippen molar-refractivity contribution >= 4 is 19.8 Å². The van der Waals surface area contributed by atoms with Gasteiger partial charge in [0.05, 0.1) is 27.7 Å². The molecular weight excluding hydrogens is 629 g/mol. The van der Waals surface area contributed by atoms with Crippen molar-refractivity contribution in [1.82, 2.24) is 0 Å². The van der Waals surface area contributed by atoms with Crippen molar-refractivity contribution in [3.63, 3.8) is 0 Å². The monoisotopic (exact) mass is 703 g/mol. The Kier molecular flexibility index (Phi) is 30.5. The maximum absolute atomic E-state index is 12.6. The summed E-state index contributed by atoms with van der Waals surface area (Å²) in [6, 6.07) is 0. The molecule has 0 bridgehead atoms. The molecule has 2 atom stereocenters. The van der Waals surface area contributed by atoms with Crippen molar-refractivity contribution in [2.24, 2.45) is 0 Å². The maximum atomic E-state index is 12.6. The third-order valence-electron chi connectivity index (χ3n) is 7.97. The summed E-state index contributed by atoms with van der Waals surface area (Å²) in [5, 5.41) is 0. The molecule has 0 aromatic carbocycles. The van der Waals surface area contributed by atoms with Crippen LogP contribution in [0, 0.1) is 0 Å². The average molecular weight is 703 g/mol. The highest BCUT2D eigenvalue weighted by Crippen LogP contribution is 2.43. The van der Waals surface area contributed by atoms with Crippen LogP contribution in [0.15, 0.2) is 24.3 Å². The number of unbranched alkanes of at least 4 members (excludes halogenated alkanes) is 16. The van der Waals surface area contributed by atoms with Gasteiger partial charge in [-0.15, -0.1) is 0 Å². The fourth-order valence-electron chi connectivity index (χ4n) is 4.95. The highest BCUT2D eigenvalue weighted by atomic mass is 31.2. The molecule has 0 aliphatic carbocycles. The van der Waals surface area contributed by atoms with Crippen molar-refractivity contribution < 1.29 is 42.1 Å². The van der Waals surface area contributed by atoms with Gasteiger partial charge >= 0.3 is 19.8 Å². The van der Waals surface area contributed by atoms with Crippen LogP contribution in [0.1, 0.15) is 155 Å². The van der Waals surface area contributed by atoms with Crippen molar-refractivity contribution in [3.05, 3.63) is 24.3 Å². The van der Waals surface area contributed by atoms with Gasteiger partial charge in [-0.2, -0.15) is 0 Å². The second-order valence-corrected chi connectivity index (χ2v) is 15.4. The highest BCUT2D eigenvalue weighted by Gasteiger charge is 2.27. The van der Waals surface area contributed by atoms with Crippen molar-refractivity contribution in [1.29, 1.82) is 0 Å². The van der Waals surface area contributed by atoms with Crippen LogP contribution in [0.5, 0.6) is 0 Å². The van der Waals surface area contributed by atoms with E-state index in [1.54, 1.807) is 0 Å². The second kappa shape index (κ2) is 31.5. The largest absolute Gasteiger partial charge is 0.472 e. The Hall–Kier alpha value is -1.51. The van der Waals surface area contributed by atoms with E-state index in [2.05, 4.69) is 38.2 Å². The molecule has 48 heavy (non-hydrogen) atoms. The van der Waals surface area contributed by atoms with Crippen LogP contribution in [-0.4, -0.2) is 74.9 Å². The van der Waals surface area contributed by atoms with Gasteiger partial charge in [0, 0.05) is 12.8 Å². The van der Waals surface area contributed by atoms with Gasteiger partial charge in [-0.05, 0) is 57.8 Å². The fraction of sp³-hybridized carbons (Fsp3) is 0.842. The Bertz CT molecular complexity index is 886. The number of ether oxygens (including phenoxy) is 2. The smallest absolute Gasteiger partial charge is 0.462 e. The van der Waals surface area contributed by atoms with E-state index in [1.165, 1.54) is 44.9 Å². The Morgan fingerprint density at radius 3 is 1.65 bits per heavy atom. The molecule has 10 heteroatoms. The van der Waals surface area contributed by atoms with Crippen LogP contribution in [0.2, 0.25) is 0 Å². The highest BCUT2D eigenvalue weighted by molar-refractivity contribution is 7.47. The van der Waals surface area contributed by atoms with Gasteiger partial charge in [0.15, 0.2) is 6.10 Å².